The molecule has 0 spiro atoms. The fourth-order valence-corrected chi connectivity index (χ4v) is 2.87. The van der Waals surface area contributed by atoms with Crippen molar-refractivity contribution < 1.29 is 18.7 Å². The molecule has 7 nitrogen and oxygen atoms in total. The second kappa shape index (κ2) is 6.96. The molecule has 1 atom stereocenters. The summed E-state index contributed by atoms with van der Waals surface area (Å²) in [7, 11) is 0. The first kappa shape index (κ1) is 17.0. The van der Waals surface area contributed by atoms with Gasteiger partial charge in [-0.05, 0) is 37.6 Å². The molecule has 2 aromatic rings. The van der Waals surface area contributed by atoms with E-state index in [0.717, 1.165) is 10.9 Å². The molecule has 0 aliphatic carbocycles. The summed E-state index contributed by atoms with van der Waals surface area (Å²) in [5, 5.41) is 3.50. The first-order chi connectivity index (χ1) is 11.9. The van der Waals surface area contributed by atoms with Crippen molar-refractivity contribution in [3.63, 3.8) is 0 Å². The average molecular weight is 344 g/mol. The molecule has 1 N–H and O–H groups in total. The number of hydrogen-bond donors (Lipinski definition) is 1. The Hall–Kier alpha value is -2.83. The summed E-state index contributed by atoms with van der Waals surface area (Å²) in [6.45, 7) is 4.82. The van der Waals surface area contributed by atoms with Crippen molar-refractivity contribution in [1.82, 2.24) is 10.2 Å². The average Bonchev–Trinajstić information content (AvgIpc) is 2.79. The van der Waals surface area contributed by atoms with Gasteiger partial charge in [-0.15, -0.1) is 0 Å². The number of amides is 2. The quantitative estimate of drug-likeness (QED) is 0.846. The topological polar surface area (TPSA) is 88.8 Å². The molecule has 0 saturated carbocycles. The van der Waals surface area contributed by atoms with Crippen molar-refractivity contribution in [1.29, 1.82) is 0 Å². The number of carbonyl (C=O) groups is 2. The molecule has 1 aliphatic rings. The van der Waals surface area contributed by atoms with Crippen LogP contribution in [0.1, 0.15) is 18.9 Å². The van der Waals surface area contributed by atoms with E-state index in [1.807, 2.05) is 6.92 Å². The largest absolute Gasteiger partial charge is 0.481 e. The van der Waals surface area contributed by atoms with Gasteiger partial charge in [0.2, 0.25) is 5.91 Å². The van der Waals surface area contributed by atoms with E-state index in [2.05, 4.69) is 5.32 Å². The van der Waals surface area contributed by atoms with Gasteiger partial charge in [-0.1, -0.05) is 0 Å². The Kier molecular flexibility index (Phi) is 4.74. The second-order valence-corrected chi connectivity index (χ2v) is 6.09. The number of nitrogens with one attached hydrogen (secondary N) is 1. The van der Waals surface area contributed by atoms with Crippen LogP contribution in [0.5, 0.6) is 5.75 Å². The summed E-state index contributed by atoms with van der Waals surface area (Å²) in [5.74, 6) is 0.317. The van der Waals surface area contributed by atoms with Crippen LogP contribution >= 0.6 is 0 Å². The van der Waals surface area contributed by atoms with Crippen molar-refractivity contribution in [3.8, 4) is 5.75 Å². The number of hydrogen-bond acceptors (Lipinski definition) is 5. The lowest BCUT2D eigenvalue weighted by molar-refractivity contribution is -0.137. The summed E-state index contributed by atoms with van der Waals surface area (Å²) in [6.07, 6.45) is -0.381. The van der Waals surface area contributed by atoms with E-state index in [9.17, 15) is 14.4 Å². The zero-order valence-electron chi connectivity index (χ0n) is 14.2. The molecule has 25 heavy (non-hydrogen) atoms. The Morgan fingerprint density at radius 2 is 2.08 bits per heavy atom. The monoisotopic (exact) mass is 344 g/mol. The lowest BCUT2D eigenvalue weighted by atomic mass is 10.1. The van der Waals surface area contributed by atoms with Crippen LogP contribution in [-0.2, 0) is 9.59 Å². The summed E-state index contributed by atoms with van der Waals surface area (Å²) in [4.78, 5) is 37.0. The predicted octanol–water partition coefficient (Wildman–Crippen LogP) is 1.22. The van der Waals surface area contributed by atoms with Gasteiger partial charge in [0.25, 0.3) is 5.91 Å². The number of benzene rings is 1. The lowest BCUT2D eigenvalue weighted by Crippen LogP contribution is -2.42. The molecule has 1 aromatic carbocycles. The van der Waals surface area contributed by atoms with Crippen LogP contribution in [0, 0.1) is 6.92 Å². The molecule has 1 aliphatic heterocycles. The van der Waals surface area contributed by atoms with Crippen LogP contribution in [0.25, 0.3) is 11.0 Å². The Morgan fingerprint density at radius 3 is 2.88 bits per heavy atom. The summed E-state index contributed by atoms with van der Waals surface area (Å²) in [6, 6.07) is 6.50. The Labute approximate surface area is 144 Å². The van der Waals surface area contributed by atoms with E-state index in [1.165, 1.54) is 6.07 Å². The maximum atomic E-state index is 12.5. The molecular weight excluding hydrogens is 324 g/mol. The molecule has 2 heterocycles. The number of nitrogens with zero attached hydrogens (tertiary/aromatic N) is 1. The van der Waals surface area contributed by atoms with Crippen LogP contribution in [-0.4, -0.2) is 42.5 Å². The Morgan fingerprint density at radius 1 is 1.28 bits per heavy atom. The minimum Gasteiger partial charge on any atom is -0.481 e. The molecule has 0 radical (unpaired) electrons. The third-order valence-electron chi connectivity index (χ3n) is 4.21. The highest BCUT2D eigenvalue weighted by Crippen LogP contribution is 2.23. The van der Waals surface area contributed by atoms with Crippen molar-refractivity contribution in [2.75, 3.05) is 19.6 Å². The van der Waals surface area contributed by atoms with Gasteiger partial charge in [0.05, 0.1) is 0 Å². The summed E-state index contributed by atoms with van der Waals surface area (Å²) >= 11 is 0. The summed E-state index contributed by atoms with van der Waals surface area (Å²) < 4.78 is 10.9. The first-order valence-corrected chi connectivity index (χ1v) is 8.21. The number of ether oxygens (including phenoxy) is 1. The molecule has 2 amide bonds. The Bertz CT molecular complexity index is 873. The molecule has 1 fully saturated rings. The maximum absolute atomic E-state index is 12.5. The number of carbonyl (C=O) groups excluding carboxylic acids is 2. The normalized spacial score (nSPS) is 16.2. The molecule has 3 rings (SSSR count). The smallest absolute Gasteiger partial charge is 0.336 e. The van der Waals surface area contributed by atoms with Crippen LogP contribution in [0.4, 0.5) is 0 Å². The lowest BCUT2D eigenvalue weighted by Gasteiger charge is -2.24. The van der Waals surface area contributed by atoms with Gasteiger partial charge in [0, 0.05) is 37.5 Å². The molecule has 1 saturated heterocycles. The predicted molar refractivity (Wildman–Crippen MR) is 91.5 cm³/mol. The summed E-state index contributed by atoms with van der Waals surface area (Å²) in [5.41, 5.74) is 0.868. The van der Waals surface area contributed by atoms with Gasteiger partial charge < -0.3 is 19.4 Å². The molecule has 132 valence electrons. The van der Waals surface area contributed by atoms with Crippen LogP contribution in [0.2, 0.25) is 0 Å². The standard InChI is InChI=1S/C18H20N2O5/c1-11-9-17(22)25-15-4-3-13(10-14(11)15)24-12(2)18(23)20-7-5-16(21)19-6-8-20/h3-4,9-10,12H,5-8H2,1-2H3,(H,19,21). The van der Waals surface area contributed by atoms with Gasteiger partial charge in [0.15, 0.2) is 6.10 Å². The highest BCUT2D eigenvalue weighted by Gasteiger charge is 2.24. The van der Waals surface area contributed by atoms with Crippen molar-refractivity contribution in [3.05, 3.63) is 40.2 Å². The zero-order valence-corrected chi connectivity index (χ0v) is 14.2. The minimum atomic E-state index is -0.679. The molecule has 1 aromatic heterocycles. The SMILES string of the molecule is Cc1cc(=O)oc2ccc(OC(C)C(=O)N3CCNC(=O)CC3)cc12. The van der Waals surface area contributed by atoms with Crippen molar-refractivity contribution in [2.45, 2.75) is 26.4 Å². The first-order valence-electron chi connectivity index (χ1n) is 8.21. The highest BCUT2D eigenvalue weighted by molar-refractivity contribution is 5.84. The van der Waals surface area contributed by atoms with Gasteiger partial charge in [0.1, 0.15) is 11.3 Å². The van der Waals surface area contributed by atoms with Gasteiger partial charge in [-0.2, -0.15) is 0 Å². The second-order valence-electron chi connectivity index (χ2n) is 6.09. The maximum Gasteiger partial charge on any atom is 0.336 e. The van der Waals surface area contributed by atoms with E-state index >= 15 is 0 Å². The van der Waals surface area contributed by atoms with Gasteiger partial charge in [-0.3, -0.25) is 9.59 Å². The van der Waals surface area contributed by atoms with Crippen LogP contribution < -0.4 is 15.7 Å². The van der Waals surface area contributed by atoms with E-state index in [-0.39, 0.29) is 11.8 Å². The number of rotatable bonds is 3. The van der Waals surface area contributed by atoms with Crippen LogP contribution in [0.3, 0.4) is 0 Å². The van der Waals surface area contributed by atoms with Crippen molar-refractivity contribution in [2.24, 2.45) is 0 Å². The fraction of sp³-hybridized carbons (Fsp3) is 0.389. The third-order valence-corrected chi connectivity index (χ3v) is 4.21. The van der Waals surface area contributed by atoms with E-state index < -0.39 is 11.7 Å². The highest BCUT2D eigenvalue weighted by atomic mass is 16.5. The molecular formula is C18H20N2O5. The van der Waals surface area contributed by atoms with Crippen molar-refractivity contribution >= 4 is 22.8 Å². The van der Waals surface area contributed by atoms with Gasteiger partial charge >= 0.3 is 5.63 Å². The van der Waals surface area contributed by atoms with Gasteiger partial charge in [-0.25, -0.2) is 4.79 Å². The molecule has 0 bridgehead atoms. The number of aryl methyl sites for hydroxylation is 1. The van der Waals surface area contributed by atoms with E-state index in [4.69, 9.17) is 9.15 Å². The van der Waals surface area contributed by atoms with E-state index in [0.29, 0.717) is 37.4 Å². The fourth-order valence-electron chi connectivity index (χ4n) is 2.87. The van der Waals surface area contributed by atoms with Crippen LogP contribution in [0.15, 0.2) is 33.5 Å². The third kappa shape index (κ3) is 3.81. The minimum absolute atomic E-state index is 0.0460. The number of fused-ring (bicyclic) bond motifs is 1. The van der Waals surface area contributed by atoms with E-state index in [1.54, 1.807) is 30.0 Å². The Balaban J connectivity index is 1.74. The molecule has 1 unspecified atom stereocenters. The molecule has 7 heteroatoms. The zero-order chi connectivity index (χ0) is 18.0.